The van der Waals surface area contributed by atoms with Crippen molar-refractivity contribution in [2.75, 3.05) is 19.4 Å². The molecule has 0 saturated carbocycles. The van der Waals surface area contributed by atoms with E-state index in [1.807, 2.05) is 30.3 Å². The Morgan fingerprint density at radius 1 is 1.13 bits per heavy atom. The molecular formula is C18H20FNO2S. The second-order valence-corrected chi connectivity index (χ2v) is 6.09. The van der Waals surface area contributed by atoms with Crippen LogP contribution in [0.15, 0.2) is 48.5 Å². The Kier molecular flexibility index (Phi) is 6.94. The lowest BCUT2D eigenvalue weighted by atomic mass is 10.1. The number of methoxy groups -OCH3 is 1. The number of nitrogens with one attached hydrogen (secondary N) is 1. The summed E-state index contributed by atoms with van der Waals surface area (Å²) in [7, 11) is 1.59. The molecule has 2 rings (SSSR count). The van der Waals surface area contributed by atoms with E-state index in [1.54, 1.807) is 31.0 Å². The van der Waals surface area contributed by atoms with Gasteiger partial charge in [0.2, 0.25) is 5.91 Å². The van der Waals surface area contributed by atoms with E-state index in [9.17, 15) is 9.18 Å². The molecule has 0 atom stereocenters. The van der Waals surface area contributed by atoms with Gasteiger partial charge in [0.05, 0.1) is 13.5 Å². The first-order valence-corrected chi connectivity index (χ1v) is 8.56. The average Bonchev–Trinajstić information content (AvgIpc) is 2.56. The first-order chi connectivity index (χ1) is 11.2. The molecule has 0 bridgehead atoms. The summed E-state index contributed by atoms with van der Waals surface area (Å²) in [4.78, 5) is 11.9. The second kappa shape index (κ2) is 9.20. The average molecular weight is 333 g/mol. The van der Waals surface area contributed by atoms with Gasteiger partial charge in [-0.2, -0.15) is 11.8 Å². The minimum atomic E-state index is -0.180. The third-order valence-corrected chi connectivity index (χ3v) is 4.34. The highest BCUT2D eigenvalue weighted by Crippen LogP contribution is 2.18. The number of amides is 1. The van der Waals surface area contributed by atoms with E-state index in [2.05, 4.69) is 5.32 Å². The normalized spacial score (nSPS) is 10.3. The zero-order chi connectivity index (χ0) is 16.5. The minimum absolute atomic E-state index is 0.0407. The molecule has 2 aromatic rings. The molecule has 5 heteroatoms. The molecule has 0 fully saturated rings. The molecule has 0 heterocycles. The van der Waals surface area contributed by atoms with Crippen molar-refractivity contribution in [2.24, 2.45) is 0 Å². The van der Waals surface area contributed by atoms with Crippen molar-refractivity contribution in [1.82, 2.24) is 5.32 Å². The van der Waals surface area contributed by atoms with E-state index >= 15 is 0 Å². The van der Waals surface area contributed by atoms with Crippen LogP contribution in [0.25, 0.3) is 0 Å². The van der Waals surface area contributed by atoms with E-state index in [0.29, 0.717) is 24.3 Å². The van der Waals surface area contributed by atoms with E-state index < -0.39 is 0 Å². The van der Waals surface area contributed by atoms with Crippen LogP contribution in [0.2, 0.25) is 0 Å². The highest BCUT2D eigenvalue weighted by Gasteiger charge is 2.07. The first kappa shape index (κ1) is 17.3. The predicted octanol–water partition coefficient (Wildman–Crippen LogP) is 3.43. The maximum Gasteiger partial charge on any atom is 0.224 e. The molecular weight excluding hydrogens is 313 g/mol. The SMILES string of the molecule is COc1ccccc1CC(=O)NCCSCc1ccccc1F. The summed E-state index contributed by atoms with van der Waals surface area (Å²) >= 11 is 1.60. The molecule has 0 aliphatic heterocycles. The smallest absolute Gasteiger partial charge is 0.224 e. The molecule has 1 amide bonds. The summed E-state index contributed by atoms with van der Waals surface area (Å²) in [5.41, 5.74) is 1.56. The molecule has 122 valence electrons. The summed E-state index contributed by atoms with van der Waals surface area (Å²) in [6.07, 6.45) is 0.294. The highest BCUT2D eigenvalue weighted by atomic mass is 32.2. The molecule has 0 aliphatic carbocycles. The minimum Gasteiger partial charge on any atom is -0.496 e. The molecule has 0 aliphatic rings. The lowest BCUT2D eigenvalue weighted by Gasteiger charge is -2.09. The number of benzene rings is 2. The van der Waals surface area contributed by atoms with E-state index in [0.717, 1.165) is 17.1 Å². The molecule has 2 aromatic carbocycles. The molecule has 23 heavy (non-hydrogen) atoms. The number of hydrogen-bond acceptors (Lipinski definition) is 3. The Morgan fingerprint density at radius 2 is 1.83 bits per heavy atom. The van der Waals surface area contributed by atoms with Gasteiger partial charge in [0, 0.05) is 23.6 Å². The van der Waals surface area contributed by atoms with Crippen LogP contribution in [-0.2, 0) is 17.0 Å². The quantitative estimate of drug-likeness (QED) is 0.752. The number of carbonyl (C=O) groups excluding carboxylic acids is 1. The fourth-order valence-electron chi connectivity index (χ4n) is 2.14. The Bertz CT molecular complexity index is 648. The number of thioether (sulfide) groups is 1. The zero-order valence-corrected chi connectivity index (χ0v) is 13.9. The maximum atomic E-state index is 13.4. The lowest BCUT2D eigenvalue weighted by molar-refractivity contribution is -0.120. The fourth-order valence-corrected chi connectivity index (χ4v) is 2.99. The van der Waals surface area contributed by atoms with Gasteiger partial charge in [-0.1, -0.05) is 36.4 Å². The molecule has 0 radical (unpaired) electrons. The largest absolute Gasteiger partial charge is 0.496 e. The monoisotopic (exact) mass is 333 g/mol. The van der Waals surface area contributed by atoms with E-state index in [1.165, 1.54) is 6.07 Å². The number of ether oxygens (including phenoxy) is 1. The van der Waals surface area contributed by atoms with Gasteiger partial charge >= 0.3 is 0 Å². The van der Waals surface area contributed by atoms with Crippen molar-refractivity contribution in [3.63, 3.8) is 0 Å². The van der Waals surface area contributed by atoms with Gasteiger partial charge in [-0.3, -0.25) is 4.79 Å². The first-order valence-electron chi connectivity index (χ1n) is 7.40. The number of hydrogen-bond donors (Lipinski definition) is 1. The van der Waals surface area contributed by atoms with Crippen molar-refractivity contribution in [3.8, 4) is 5.75 Å². The standard InChI is InChI=1S/C18H20FNO2S/c1-22-17-9-5-3-6-14(17)12-18(21)20-10-11-23-13-15-7-2-4-8-16(15)19/h2-9H,10-13H2,1H3,(H,20,21). The van der Waals surface area contributed by atoms with Crippen LogP contribution in [-0.4, -0.2) is 25.3 Å². The van der Waals surface area contributed by atoms with Gasteiger partial charge in [0.1, 0.15) is 11.6 Å². The van der Waals surface area contributed by atoms with E-state index in [4.69, 9.17) is 4.74 Å². The Balaban J connectivity index is 1.68. The lowest BCUT2D eigenvalue weighted by Crippen LogP contribution is -2.27. The predicted molar refractivity (Wildman–Crippen MR) is 92.3 cm³/mol. The zero-order valence-electron chi connectivity index (χ0n) is 13.0. The summed E-state index contributed by atoms with van der Waals surface area (Å²) in [6.45, 7) is 0.563. The topological polar surface area (TPSA) is 38.3 Å². The van der Waals surface area contributed by atoms with Crippen LogP contribution in [0.3, 0.4) is 0 Å². The molecule has 0 aromatic heterocycles. The summed E-state index contributed by atoms with van der Waals surface area (Å²) < 4.78 is 18.7. The van der Waals surface area contributed by atoms with Crippen LogP contribution in [0.4, 0.5) is 4.39 Å². The van der Waals surface area contributed by atoms with Crippen LogP contribution in [0.5, 0.6) is 5.75 Å². The molecule has 1 N–H and O–H groups in total. The Hall–Kier alpha value is -2.01. The van der Waals surface area contributed by atoms with Crippen molar-refractivity contribution in [1.29, 1.82) is 0 Å². The number of rotatable bonds is 8. The third kappa shape index (κ3) is 5.60. The van der Waals surface area contributed by atoms with Gasteiger partial charge in [0.25, 0.3) is 0 Å². The van der Waals surface area contributed by atoms with Crippen LogP contribution in [0.1, 0.15) is 11.1 Å². The van der Waals surface area contributed by atoms with Gasteiger partial charge in [-0.15, -0.1) is 0 Å². The van der Waals surface area contributed by atoms with Crippen LogP contribution < -0.4 is 10.1 Å². The van der Waals surface area contributed by atoms with Crippen molar-refractivity contribution in [3.05, 3.63) is 65.5 Å². The van der Waals surface area contributed by atoms with Crippen LogP contribution >= 0.6 is 11.8 Å². The summed E-state index contributed by atoms with van der Waals surface area (Å²) in [5, 5.41) is 2.87. The molecule has 0 saturated heterocycles. The maximum absolute atomic E-state index is 13.4. The van der Waals surface area contributed by atoms with Crippen molar-refractivity contribution < 1.29 is 13.9 Å². The van der Waals surface area contributed by atoms with Gasteiger partial charge in [-0.05, 0) is 17.7 Å². The van der Waals surface area contributed by atoms with Gasteiger partial charge < -0.3 is 10.1 Å². The molecule has 0 unspecified atom stereocenters. The van der Waals surface area contributed by atoms with Gasteiger partial charge in [0.15, 0.2) is 0 Å². The Morgan fingerprint density at radius 3 is 2.57 bits per heavy atom. The van der Waals surface area contributed by atoms with Gasteiger partial charge in [-0.25, -0.2) is 4.39 Å². The molecule has 3 nitrogen and oxygen atoms in total. The Labute approximate surface area is 140 Å². The highest BCUT2D eigenvalue weighted by molar-refractivity contribution is 7.98. The number of carbonyl (C=O) groups is 1. The second-order valence-electron chi connectivity index (χ2n) is 4.98. The third-order valence-electron chi connectivity index (χ3n) is 3.33. The van der Waals surface area contributed by atoms with Crippen molar-refractivity contribution in [2.45, 2.75) is 12.2 Å². The number of halogens is 1. The number of para-hydroxylation sites is 1. The fraction of sp³-hybridized carbons (Fsp3) is 0.278. The van der Waals surface area contributed by atoms with Crippen LogP contribution in [0, 0.1) is 5.82 Å². The summed E-state index contributed by atoms with van der Waals surface area (Å²) in [6, 6.07) is 14.2. The van der Waals surface area contributed by atoms with Crippen molar-refractivity contribution >= 4 is 17.7 Å². The summed E-state index contributed by atoms with van der Waals surface area (Å²) in [5.74, 6) is 1.85. The van der Waals surface area contributed by atoms with E-state index in [-0.39, 0.29) is 11.7 Å². The molecule has 0 spiro atoms.